The number of phenols is 1. The fourth-order valence-electron chi connectivity index (χ4n) is 2.88. The van der Waals surface area contributed by atoms with Crippen molar-refractivity contribution in [2.24, 2.45) is 0 Å². The molecule has 2 nitrogen and oxygen atoms in total. The zero-order valence-electron chi connectivity index (χ0n) is 12.0. The summed E-state index contributed by atoms with van der Waals surface area (Å²) in [5.41, 5.74) is 3.73. The molecule has 1 heterocycles. The quantitative estimate of drug-likeness (QED) is 0.796. The summed E-state index contributed by atoms with van der Waals surface area (Å²) in [4.78, 5) is 0. The van der Waals surface area contributed by atoms with Gasteiger partial charge in [0.05, 0.1) is 0 Å². The molecule has 1 aliphatic rings. The number of hydrogen-bond acceptors (Lipinski definition) is 2. The summed E-state index contributed by atoms with van der Waals surface area (Å²) in [5.74, 6) is 1.09. The van der Waals surface area contributed by atoms with Crippen LogP contribution in [0.1, 0.15) is 56.2 Å². The molecule has 100 valence electrons. The van der Waals surface area contributed by atoms with E-state index in [9.17, 15) is 5.11 Å². The molecule has 2 N–H and O–H groups in total. The second-order valence-electron chi connectivity index (χ2n) is 6.50. The molecule has 0 saturated carbocycles. The van der Waals surface area contributed by atoms with Crippen LogP contribution in [0.15, 0.2) is 12.1 Å². The zero-order valence-corrected chi connectivity index (χ0v) is 12.0. The molecule has 18 heavy (non-hydrogen) atoms. The van der Waals surface area contributed by atoms with Gasteiger partial charge in [-0.3, -0.25) is 0 Å². The van der Waals surface area contributed by atoms with E-state index < -0.39 is 0 Å². The molecule has 0 bridgehead atoms. The Balaban J connectivity index is 2.41. The molecule has 2 rings (SSSR count). The Morgan fingerprint density at radius 3 is 2.33 bits per heavy atom. The van der Waals surface area contributed by atoms with Crippen LogP contribution in [0.3, 0.4) is 0 Å². The van der Waals surface area contributed by atoms with Crippen molar-refractivity contribution in [2.45, 2.75) is 51.9 Å². The number of hydrogen-bond donors (Lipinski definition) is 2. The van der Waals surface area contributed by atoms with E-state index >= 15 is 0 Å². The predicted octanol–water partition coefficient (Wildman–Crippen LogP) is 3.47. The average molecular weight is 247 g/mol. The topological polar surface area (TPSA) is 32.3 Å². The fourth-order valence-corrected chi connectivity index (χ4v) is 2.88. The SMILES string of the molecule is Cc1cc(O)c(C(C)(C)C)cc1C1CCNCC1. The third-order valence-corrected chi connectivity index (χ3v) is 3.97. The Morgan fingerprint density at radius 1 is 1.17 bits per heavy atom. The number of piperidine rings is 1. The van der Waals surface area contributed by atoms with Crippen molar-refractivity contribution >= 4 is 0 Å². The summed E-state index contributed by atoms with van der Waals surface area (Å²) in [6.45, 7) is 10.8. The number of benzene rings is 1. The molecule has 1 aromatic rings. The van der Waals surface area contributed by atoms with Crippen molar-refractivity contribution in [3.8, 4) is 5.75 Å². The smallest absolute Gasteiger partial charge is 0.119 e. The van der Waals surface area contributed by atoms with Gasteiger partial charge in [0.25, 0.3) is 0 Å². The molecular weight excluding hydrogens is 222 g/mol. The van der Waals surface area contributed by atoms with Crippen LogP contribution in [0.4, 0.5) is 0 Å². The van der Waals surface area contributed by atoms with Gasteiger partial charge in [-0.2, -0.15) is 0 Å². The molecule has 1 aliphatic heterocycles. The largest absolute Gasteiger partial charge is 0.508 e. The van der Waals surface area contributed by atoms with Gasteiger partial charge in [-0.15, -0.1) is 0 Å². The van der Waals surface area contributed by atoms with E-state index in [2.05, 4.69) is 39.1 Å². The Morgan fingerprint density at radius 2 is 1.78 bits per heavy atom. The predicted molar refractivity (Wildman–Crippen MR) is 76.4 cm³/mol. The maximum absolute atomic E-state index is 10.1. The first-order valence-corrected chi connectivity index (χ1v) is 6.94. The summed E-state index contributed by atoms with van der Waals surface area (Å²) in [5, 5.41) is 13.5. The first-order valence-electron chi connectivity index (χ1n) is 6.94. The molecule has 2 heteroatoms. The lowest BCUT2D eigenvalue weighted by atomic mass is 9.80. The van der Waals surface area contributed by atoms with Crippen LogP contribution in [0.5, 0.6) is 5.75 Å². The number of phenolic OH excluding ortho intramolecular Hbond substituents is 1. The van der Waals surface area contributed by atoms with Crippen molar-refractivity contribution in [1.82, 2.24) is 5.32 Å². The van der Waals surface area contributed by atoms with Gasteiger partial charge < -0.3 is 10.4 Å². The maximum Gasteiger partial charge on any atom is 0.119 e. The lowest BCUT2D eigenvalue weighted by Gasteiger charge is -2.28. The first kappa shape index (κ1) is 13.4. The normalized spacial score (nSPS) is 18.0. The van der Waals surface area contributed by atoms with Crippen molar-refractivity contribution < 1.29 is 5.11 Å². The van der Waals surface area contributed by atoms with Crippen LogP contribution in [0, 0.1) is 6.92 Å². The summed E-state index contributed by atoms with van der Waals surface area (Å²) in [6, 6.07) is 4.18. The average Bonchev–Trinajstić information content (AvgIpc) is 2.28. The first-order chi connectivity index (χ1) is 8.39. The minimum Gasteiger partial charge on any atom is -0.508 e. The van der Waals surface area contributed by atoms with Crippen molar-refractivity contribution in [3.05, 3.63) is 28.8 Å². The van der Waals surface area contributed by atoms with Crippen molar-refractivity contribution in [1.29, 1.82) is 0 Å². The minimum atomic E-state index is -0.000546. The van der Waals surface area contributed by atoms with E-state index in [0.717, 1.165) is 18.7 Å². The van der Waals surface area contributed by atoms with Crippen molar-refractivity contribution in [2.75, 3.05) is 13.1 Å². The number of aryl methyl sites for hydroxylation is 1. The van der Waals surface area contributed by atoms with Crippen LogP contribution >= 0.6 is 0 Å². The van der Waals surface area contributed by atoms with Gasteiger partial charge in [0.1, 0.15) is 5.75 Å². The number of nitrogens with one attached hydrogen (secondary N) is 1. The summed E-state index contributed by atoms with van der Waals surface area (Å²) in [7, 11) is 0. The molecule has 0 atom stereocenters. The molecule has 0 aromatic heterocycles. The van der Waals surface area contributed by atoms with Gasteiger partial charge in [0, 0.05) is 0 Å². The Kier molecular flexibility index (Phi) is 3.67. The molecule has 1 aromatic carbocycles. The summed E-state index contributed by atoms with van der Waals surface area (Å²) in [6.07, 6.45) is 2.41. The van der Waals surface area contributed by atoms with E-state index in [-0.39, 0.29) is 5.41 Å². The van der Waals surface area contributed by atoms with Crippen LogP contribution in [-0.2, 0) is 5.41 Å². The number of aromatic hydroxyl groups is 1. The molecule has 0 amide bonds. The van der Waals surface area contributed by atoms with Crippen LogP contribution in [0.2, 0.25) is 0 Å². The molecule has 0 unspecified atom stereocenters. The third kappa shape index (κ3) is 2.69. The lowest BCUT2D eigenvalue weighted by Crippen LogP contribution is -2.27. The Labute approximate surface area is 110 Å². The highest BCUT2D eigenvalue weighted by Gasteiger charge is 2.23. The van der Waals surface area contributed by atoms with Crippen LogP contribution < -0.4 is 5.32 Å². The van der Waals surface area contributed by atoms with E-state index in [1.54, 1.807) is 0 Å². The van der Waals surface area contributed by atoms with E-state index in [1.165, 1.54) is 24.0 Å². The van der Waals surface area contributed by atoms with Gasteiger partial charge in [-0.1, -0.05) is 26.8 Å². The molecule has 1 fully saturated rings. The minimum absolute atomic E-state index is 0.000546. The van der Waals surface area contributed by atoms with Crippen LogP contribution in [0.25, 0.3) is 0 Å². The van der Waals surface area contributed by atoms with Gasteiger partial charge in [-0.05, 0) is 66.9 Å². The second kappa shape index (κ2) is 4.93. The molecule has 0 radical (unpaired) electrons. The molecular formula is C16H25NO. The van der Waals surface area contributed by atoms with Crippen molar-refractivity contribution in [3.63, 3.8) is 0 Å². The van der Waals surface area contributed by atoms with Gasteiger partial charge in [-0.25, -0.2) is 0 Å². The summed E-state index contributed by atoms with van der Waals surface area (Å²) < 4.78 is 0. The summed E-state index contributed by atoms with van der Waals surface area (Å²) >= 11 is 0. The van der Waals surface area contributed by atoms with E-state index in [4.69, 9.17) is 0 Å². The molecule has 0 spiro atoms. The van der Waals surface area contributed by atoms with Gasteiger partial charge >= 0.3 is 0 Å². The standard InChI is InChI=1S/C16H25NO/c1-11-9-15(18)14(16(2,3)4)10-13(11)12-5-7-17-8-6-12/h9-10,12,17-18H,5-8H2,1-4H3. The molecule has 0 aliphatic carbocycles. The fraction of sp³-hybridized carbons (Fsp3) is 0.625. The second-order valence-corrected chi connectivity index (χ2v) is 6.50. The third-order valence-electron chi connectivity index (χ3n) is 3.97. The van der Waals surface area contributed by atoms with Gasteiger partial charge in [0.2, 0.25) is 0 Å². The zero-order chi connectivity index (χ0) is 13.3. The highest BCUT2D eigenvalue weighted by molar-refractivity contribution is 5.46. The Bertz CT molecular complexity index is 425. The Hall–Kier alpha value is -1.02. The maximum atomic E-state index is 10.1. The lowest BCUT2D eigenvalue weighted by molar-refractivity contribution is 0.438. The van der Waals surface area contributed by atoms with E-state index in [1.807, 2.05) is 6.07 Å². The van der Waals surface area contributed by atoms with Crippen LogP contribution in [-0.4, -0.2) is 18.2 Å². The van der Waals surface area contributed by atoms with Gasteiger partial charge in [0.15, 0.2) is 0 Å². The highest BCUT2D eigenvalue weighted by atomic mass is 16.3. The molecule has 1 saturated heterocycles. The number of rotatable bonds is 1. The highest BCUT2D eigenvalue weighted by Crippen LogP contribution is 2.37. The monoisotopic (exact) mass is 247 g/mol. The van der Waals surface area contributed by atoms with E-state index in [0.29, 0.717) is 11.7 Å².